The maximum atomic E-state index is 11.0. The Labute approximate surface area is 156 Å². The standard InChI is InChI=1S/C20H19N3O2S/c1-15(11-16-7-9-18(10-8-16)20(24)25)13-23(19-12-21-26-22-19)14-17-5-3-2-4-6-17/h2-12H,13-14H2,1H3,(H,24,25). The topological polar surface area (TPSA) is 66.3 Å². The molecule has 1 aromatic heterocycles. The van der Waals surface area contributed by atoms with Crippen molar-refractivity contribution in [2.24, 2.45) is 0 Å². The van der Waals surface area contributed by atoms with Gasteiger partial charge in [-0.15, -0.1) is 0 Å². The second-order valence-electron chi connectivity index (χ2n) is 6.03. The third-order valence-electron chi connectivity index (χ3n) is 3.90. The minimum Gasteiger partial charge on any atom is -0.478 e. The molecule has 0 aliphatic carbocycles. The zero-order valence-corrected chi connectivity index (χ0v) is 15.2. The Morgan fingerprint density at radius 3 is 2.50 bits per heavy atom. The lowest BCUT2D eigenvalue weighted by Crippen LogP contribution is -2.24. The zero-order valence-electron chi connectivity index (χ0n) is 14.4. The third kappa shape index (κ3) is 4.77. The van der Waals surface area contributed by atoms with Crippen LogP contribution in [-0.2, 0) is 6.54 Å². The van der Waals surface area contributed by atoms with Crippen LogP contribution in [0.4, 0.5) is 5.82 Å². The van der Waals surface area contributed by atoms with Crippen LogP contribution in [0.15, 0.2) is 66.4 Å². The average molecular weight is 365 g/mol. The third-order valence-corrected chi connectivity index (χ3v) is 4.37. The van der Waals surface area contributed by atoms with E-state index in [2.05, 4.69) is 38.8 Å². The van der Waals surface area contributed by atoms with E-state index in [4.69, 9.17) is 5.11 Å². The smallest absolute Gasteiger partial charge is 0.335 e. The van der Waals surface area contributed by atoms with Crippen LogP contribution in [0.2, 0.25) is 0 Å². The van der Waals surface area contributed by atoms with Gasteiger partial charge in [0.15, 0.2) is 5.82 Å². The van der Waals surface area contributed by atoms with Gasteiger partial charge in [0.1, 0.15) is 0 Å². The molecule has 132 valence electrons. The maximum Gasteiger partial charge on any atom is 0.335 e. The van der Waals surface area contributed by atoms with Crippen LogP contribution < -0.4 is 4.90 Å². The number of hydrogen-bond donors (Lipinski definition) is 1. The van der Waals surface area contributed by atoms with Crippen LogP contribution in [0.3, 0.4) is 0 Å². The van der Waals surface area contributed by atoms with E-state index >= 15 is 0 Å². The van der Waals surface area contributed by atoms with Crippen LogP contribution in [0, 0.1) is 0 Å². The minimum atomic E-state index is -0.915. The minimum absolute atomic E-state index is 0.291. The van der Waals surface area contributed by atoms with Crippen molar-refractivity contribution in [2.75, 3.05) is 11.4 Å². The average Bonchev–Trinajstić information content (AvgIpc) is 3.17. The number of rotatable bonds is 7. The summed E-state index contributed by atoms with van der Waals surface area (Å²) < 4.78 is 8.48. The summed E-state index contributed by atoms with van der Waals surface area (Å²) >= 11 is 1.20. The Morgan fingerprint density at radius 1 is 1.15 bits per heavy atom. The first kappa shape index (κ1) is 17.8. The van der Waals surface area contributed by atoms with Gasteiger partial charge >= 0.3 is 5.97 Å². The monoisotopic (exact) mass is 365 g/mol. The second-order valence-corrected chi connectivity index (χ2v) is 6.58. The summed E-state index contributed by atoms with van der Waals surface area (Å²) in [5.41, 5.74) is 3.62. The second kappa shape index (κ2) is 8.40. The number of anilines is 1. The molecule has 1 N–H and O–H groups in total. The normalized spacial score (nSPS) is 11.3. The highest BCUT2D eigenvalue weighted by Gasteiger charge is 2.11. The summed E-state index contributed by atoms with van der Waals surface area (Å²) in [5.74, 6) is -0.0600. The lowest BCUT2D eigenvalue weighted by molar-refractivity contribution is 0.0697. The number of carboxylic acids is 1. The van der Waals surface area contributed by atoms with Crippen molar-refractivity contribution in [3.8, 4) is 0 Å². The van der Waals surface area contributed by atoms with Crippen molar-refractivity contribution in [3.63, 3.8) is 0 Å². The summed E-state index contributed by atoms with van der Waals surface area (Å²) in [4.78, 5) is 13.1. The highest BCUT2D eigenvalue weighted by atomic mass is 32.1. The van der Waals surface area contributed by atoms with Gasteiger partial charge in [-0.1, -0.05) is 54.1 Å². The molecule has 26 heavy (non-hydrogen) atoms. The summed E-state index contributed by atoms with van der Waals surface area (Å²) in [6.07, 6.45) is 3.84. The molecular weight excluding hydrogens is 346 g/mol. The van der Waals surface area contributed by atoms with E-state index in [-0.39, 0.29) is 0 Å². The summed E-state index contributed by atoms with van der Waals surface area (Å²) in [7, 11) is 0. The molecule has 0 spiro atoms. The van der Waals surface area contributed by atoms with Gasteiger partial charge < -0.3 is 10.0 Å². The van der Waals surface area contributed by atoms with Gasteiger partial charge in [0.2, 0.25) is 0 Å². The molecule has 1 heterocycles. The van der Waals surface area contributed by atoms with E-state index < -0.39 is 5.97 Å². The largest absolute Gasteiger partial charge is 0.478 e. The van der Waals surface area contributed by atoms with Crippen LogP contribution in [0.1, 0.15) is 28.4 Å². The van der Waals surface area contributed by atoms with Gasteiger partial charge in [-0.05, 0) is 30.2 Å². The number of nitrogens with zero attached hydrogens (tertiary/aromatic N) is 3. The number of carbonyl (C=O) groups is 1. The van der Waals surface area contributed by atoms with E-state index in [1.54, 1.807) is 18.3 Å². The first-order chi connectivity index (χ1) is 12.6. The lowest BCUT2D eigenvalue weighted by Gasteiger charge is -2.22. The van der Waals surface area contributed by atoms with E-state index in [1.807, 2.05) is 30.3 Å². The number of hydrogen-bond acceptors (Lipinski definition) is 5. The Balaban J connectivity index is 1.76. The van der Waals surface area contributed by atoms with Crippen molar-refractivity contribution in [3.05, 3.63) is 83.1 Å². The molecule has 0 saturated carbocycles. The summed E-state index contributed by atoms with van der Waals surface area (Å²) in [5, 5.41) is 8.99. The van der Waals surface area contributed by atoms with Crippen LogP contribution in [0.5, 0.6) is 0 Å². The number of aromatic carboxylic acids is 1. The zero-order chi connectivity index (χ0) is 18.4. The maximum absolute atomic E-state index is 11.0. The summed E-state index contributed by atoms with van der Waals surface area (Å²) in [6.45, 7) is 3.51. The molecular formula is C20H19N3O2S. The van der Waals surface area contributed by atoms with Crippen molar-refractivity contribution in [2.45, 2.75) is 13.5 Å². The Hall–Kier alpha value is -2.99. The lowest BCUT2D eigenvalue weighted by atomic mass is 10.1. The molecule has 3 aromatic rings. The first-order valence-corrected chi connectivity index (χ1v) is 8.92. The Kier molecular flexibility index (Phi) is 5.76. The van der Waals surface area contributed by atoms with E-state index in [0.29, 0.717) is 12.1 Å². The first-order valence-electron chi connectivity index (χ1n) is 8.19. The van der Waals surface area contributed by atoms with Crippen molar-refractivity contribution in [1.82, 2.24) is 8.75 Å². The summed E-state index contributed by atoms with van der Waals surface area (Å²) in [6, 6.07) is 17.1. The molecule has 0 unspecified atom stereocenters. The number of carboxylic acid groups (broad SMARTS) is 1. The fourth-order valence-corrected chi connectivity index (χ4v) is 3.11. The van der Waals surface area contributed by atoms with E-state index in [0.717, 1.165) is 23.5 Å². The van der Waals surface area contributed by atoms with Gasteiger partial charge in [0.25, 0.3) is 0 Å². The highest BCUT2D eigenvalue weighted by Crippen LogP contribution is 2.18. The number of benzene rings is 2. The molecule has 6 heteroatoms. The van der Waals surface area contributed by atoms with Gasteiger partial charge in [-0.25, -0.2) is 4.79 Å². The highest BCUT2D eigenvalue weighted by molar-refractivity contribution is 6.99. The predicted molar refractivity (Wildman–Crippen MR) is 104 cm³/mol. The van der Waals surface area contributed by atoms with Crippen LogP contribution in [-0.4, -0.2) is 26.4 Å². The van der Waals surface area contributed by atoms with Gasteiger partial charge in [0, 0.05) is 13.1 Å². The number of aromatic nitrogens is 2. The molecule has 0 aliphatic heterocycles. The van der Waals surface area contributed by atoms with Crippen LogP contribution in [0.25, 0.3) is 6.08 Å². The molecule has 3 rings (SSSR count). The molecule has 0 radical (unpaired) electrons. The quantitative estimate of drug-likeness (QED) is 0.674. The molecule has 5 nitrogen and oxygen atoms in total. The Morgan fingerprint density at radius 2 is 1.88 bits per heavy atom. The van der Waals surface area contributed by atoms with Gasteiger partial charge in [-0.2, -0.15) is 8.75 Å². The molecule has 0 amide bonds. The SMILES string of the molecule is CC(=Cc1ccc(C(=O)O)cc1)CN(Cc1ccccc1)c1cnsn1. The molecule has 0 aliphatic rings. The van der Waals surface area contributed by atoms with Gasteiger partial charge in [-0.3, -0.25) is 0 Å². The Bertz CT molecular complexity index is 875. The van der Waals surface area contributed by atoms with E-state index in [1.165, 1.54) is 17.3 Å². The fraction of sp³-hybridized carbons (Fsp3) is 0.150. The fourth-order valence-electron chi connectivity index (χ4n) is 2.67. The molecule has 0 atom stereocenters. The van der Waals surface area contributed by atoms with Crippen molar-refractivity contribution >= 4 is 29.6 Å². The molecule has 0 saturated heterocycles. The molecule has 0 bridgehead atoms. The van der Waals surface area contributed by atoms with Gasteiger partial charge in [0.05, 0.1) is 23.5 Å². The predicted octanol–water partition coefficient (Wildman–Crippen LogP) is 4.35. The van der Waals surface area contributed by atoms with E-state index in [9.17, 15) is 4.79 Å². The van der Waals surface area contributed by atoms with Crippen molar-refractivity contribution < 1.29 is 9.90 Å². The molecule has 2 aromatic carbocycles. The molecule has 0 fully saturated rings. The van der Waals surface area contributed by atoms with Crippen molar-refractivity contribution in [1.29, 1.82) is 0 Å². The van der Waals surface area contributed by atoms with Crippen LogP contribution >= 0.6 is 11.7 Å².